The first kappa shape index (κ1) is 22.2. The number of benzene rings is 2. The Bertz CT molecular complexity index is 1010. The van der Waals surface area contributed by atoms with Crippen LogP contribution in [0, 0.1) is 5.92 Å². The zero-order chi connectivity index (χ0) is 22.9. The van der Waals surface area contributed by atoms with Gasteiger partial charge in [-0.25, -0.2) is 0 Å². The van der Waals surface area contributed by atoms with Gasteiger partial charge in [0.25, 0.3) is 5.91 Å². The van der Waals surface area contributed by atoms with E-state index in [1.807, 2.05) is 43.3 Å². The Kier molecular flexibility index (Phi) is 6.30. The molecule has 6 nitrogen and oxygen atoms in total. The number of hydrogen-bond acceptors (Lipinski definition) is 5. The Hall–Kier alpha value is -2.57. The Morgan fingerprint density at radius 2 is 2.03 bits per heavy atom. The molecule has 0 saturated carbocycles. The van der Waals surface area contributed by atoms with Crippen LogP contribution in [-0.2, 0) is 6.42 Å². The van der Waals surface area contributed by atoms with Crippen LogP contribution >= 0.6 is 0 Å². The first-order chi connectivity index (χ1) is 16.1. The third kappa shape index (κ3) is 4.11. The lowest BCUT2D eigenvalue weighted by molar-refractivity contribution is 0.0532. The molecule has 1 amide bonds. The lowest BCUT2D eigenvalue weighted by Gasteiger charge is -2.49. The van der Waals surface area contributed by atoms with Crippen LogP contribution < -0.4 is 20.1 Å². The molecule has 1 unspecified atom stereocenters. The Balaban J connectivity index is 1.51. The first-order valence-electron chi connectivity index (χ1n) is 12.2. The summed E-state index contributed by atoms with van der Waals surface area (Å²) >= 11 is 0. The summed E-state index contributed by atoms with van der Waals surface area (Å²) in [6.07, 6.45) is 4.52. The molecule has 5 rings (SSSR count). The lowest BCUT2D eigenvalue weighted by Crippen LogP contribution is -2.54. The number of ether oxygens (including phenoxy) is 2. The van der Waals surface area contributed by atoms with Gasteiger partial charge in [-0.05, 0) is 56.7 Å². The highest BCUT2D eigenvalue weighted by molar-refractivity contribution is 5.98. The summed E-state index contributed by atoms with van der Waals surface area (Å²) < 4.78 is 11.8. The van der Waals surface area contributed by atoms with Gasteiger partial charge < -0.3 is 20.1 Å². The Morgan fingerprint density at radius 3 is 2.79 bits per heavy atom. The number of carbonyl (C=O) groups excluding carboxylic acids is 1. The van der Waals surface area contributed by atoms with Gasteiger partial charge >= 0.3 is 0 Å². The molecule has 0 aromatic heterocycles. The maximum atomic E-state index is 13.5. The second-order valence-electron chi connectivity index (χ2n) is 9.62. The quantitative estimate of drug-likeness (QED) is 0.726. The average molecular weight is 450 g/mol. The first-order valence-corrected chi connectivity index (χ1v) is 12.2. The van der Waals surface area contributed by atoms with Crippen LogP contribution in [0.5, 0.6) is 11.5 Å². The molecule has 0 spiro atoms. The third-order valence-corrected chi connectivity index (χ3v) is 7.80. The maximum absolute atomic E-state index is 13.5. The van der Waals surface area contributed by atoms with Crippen molar-refractivity contribution in [3.05, 3.63) is 58.7 Å². The molecular formula is C27H35N3O3. The monoisotopic (exact) mass is 449 g/mol. The van der Waals surface area contributed by atoms with E-state index < -0.39 is 0 Å². The largest absolute Gasteiger partial charge is 0.496 e. The molecule has 0 aliphatic carbocycles. The van der Waals surface area contributed by atoms with E-state index in [4.69, 9.17) is 9.47 Å². The molecule has 2 aromatic rings. The number of piperidine rings is 2. The van der Waals surface area contributed by atoms with Gasteiger partial charge in [-0.15, -0.1) is 0 Å². The van der Waals surface area contributed by atoms with E-state index >= 15 is 0 Å². The molecule has 6 heteroatoms. The molecule has 3 aliphatic heterocycles. The number of methoxy groups -OCH3 is 2. The van der Waals surface area contributed by atoms with Gasteiger partial charge in [0.2, 0.25) is 0 Å². The molecule has 2 aromatic carbocycles. The standard InChI is InChI=1S/C27H35N3O3/c1-17(18-8-5-4-6-9-18)29-27(31)21-14-24(32-2)20-11-13-30-16-19-10-7-12-28-22(19)15-23(30)25(20)26(21)33-3/h4-6,8-9,14,17,19,22-23,28H,7,10-13,15-16H2,1-3H3,(H,29,31)/t17?,19-,22+,23-/m1/s1. The zero-order valence-electron chi connectivity index (χ0n) is 19.9. The summed E-state index contributed by atoms with van der Waals surface area (Å²) in [5, 5.41) is 6.92. The van der Waals surface area contributed by atoms with Gasteiger partial charge in [-0.3, -0.25) is 9.69 Å². The van der Waals surface area contributed by atoms with E-state index in [2.05, 4.69) is 15.5 Å². The average Bonchev–Trinajstić information content (AvgIpc) is 2.86. The number of amides is 1. The molecule has 2 fully saturated rings. The normalized spacial score (nSPS) is 25.2. The van der Waals surface area contributed by atoms with E-state index in [9.17, 15) is 4.79 Å². The van der Waals surface area contributed by atoms with Gasteiger partial charge in [0, 0.05) is 36.3 Å². The minimum atomic E-state index is -0.133. The number of nitrogens with zero attached hydrogens (tertiary/aromatic N) is 1. The number of rotatable bonds is 5. The van der Waals surface area contributed by atoms with Gasteiger partial charge in [-0.2, -0.15) is 0 Å². The van der Waals surface area contributed by atoms with Gasteiger partial charge in [-0.1, -0.05) is 30.3 Å². The van der Waals surface area contributed by atoms with Crippen molar-refractivity contribution in [2.75, 3.05) is 33.9 Å². The summed E-state index contributed by atoms with van der Waals surface area (Å²) in [7, 11) is 3.38. The van der Waals surface area contributed by atoms with Crippen LogP contribution in [0.2, 0.25) is 0 Å². The van der Waals surface area contributed by atoms with Crippen molar-refractivity contribution in [2.24, 2.45) is 5.92 Å². The molecule has 33 heavy (non-hydrogen) atoms. The minimum absolute atomic E-state index is 0.108. The van der Waals surface area contributed by atoms with Crippen molar-refractivity contribution in [3.63, 3.8) is 0 Å². The van der Waals surface area contributed by atoms with Crippen LogP contribution in [-0.4, -0.2) is 50.7 Å². The summed E-state index contributed by atoms with van der Waals surface area (Å²) in [4.78, 5) is 16.1. The Labute approximate surface area is 196 Å². The number of hydrogen-bond donors (Lipinski definition) is 2. The summed E-state index contributed by atoms with van der Waals surface area (Å²) in [5.74, 6) is 2.07. The van der Waals surface area contributed by atoms with Crippen molar-refractivity contribution in [1.29, 1.82) is 0 Å². The highest BCUT2D eigenvalue weighted by Crippen LogP contribution is 2.48. The van der Waals surface area contributed by atoms with Crippen molar-refractivity contribution in [1.82, 2.24) is 15.5 Å². The number of fused-ring (bicyclic) bond motifs is 4. The highest BCUT2D eigenvalue weighted by atomic mass is 16.5. The lowest BCUT2D eigenvalue weighted by atomic mass is 9.76. The van der Waals surface area contributed by atoms with Gasteiger partial charge in [0.1, 0.15) is 11.5 Å². The molecular weight excluding hydrogens is 414 g/mol. The fraction of sp³-hybridized carbons (Fsp3) is 0.519. The predicted molar refractivity (Wildman–Crippen MR) is 129 cm³/mol. The summed E-state index contributed by atoms with van der Waals surface area (Å²) in [6, 6.07) is 12.5. The Morgan fingerprint density at radius 1 is 1.21 bits per heavy atom. The maximum Gasteiger partial charge on any atom is 0.255 e. The van der Waals surface area contributed by atoms with Crippen molar-refractivity contribution in [2.45, 2.75) is 50.7 Å². The molecule has 4 atom stereocenters. The SMILES string of the molecule is COc1cc(C(=O)NC(C)c2ccccc2)c(OC)c2c1CCN1C[C@H]3CCCN[C@H]3C[C@H]21. The van der Waals surface area contributed by atoms with Crippen LogP contribution in [0.4, 0.5) is 0 Å². The zero-order valence-corrected chi connectivity index (χ0v) is 19.9. The molecule has 0 bridgehead atoms. The summed E-state index contributed by atoms with van der Waals surface area (Å²) in [6.45, 7) is 5.24. The van der Waals surface area contributed by atoms with Crippen LogP contribution in [0.3, 0.4) is 0 Å². The minimum Gasteiger partial charge on any atom is -0.496 e. The van der Waals surface area contributed by atoms with Crippen LogP contribution in [0.25, 0.3) is 0 Å². The van der Waals surface area contributed by atoms with Crippen molar-refractivity contribution < 1.29 is 14.3 Å². The van der Waals surface area contributed by atoms with E-state index in [-0.39, 0.29) is 18.0 Å². The van der Waals surface area contributed by atoms with Gasteiger partial charge in [0.05, 0.1) is 25.8 Å². The highest BCUT2D eigenvalue weighted by Gasteiger charge is 2.42. The van der Waals surface area contributed by atoms with E-state index in [0.29, 0.717) is 23.3 Å². The van der Waals surface area contributed by atoms with E-state index in [0.717, 1.165) is 49.4 Å². The van der Waals surface area contributed by atoms with Crippen LogP contribution in [0.15, 0.2) is 36.4 Å². The van der Waals surface area contributed by atoms with E-state index in [1.165, 1.54) is 18.4 Å². The topological polar surface area (TPSA) is 62.8 Å². The summed E-state index contributed by atoms with van der Waals surface area (Å²) in [5.41, 5.74) is 3.96. The number of carbonyl (C=O) groups is 1. The fourth-order valence-corrected chi connectivity index (χ4v) is 6.11. The van der Waals surface area contributed by atoms with Crippen molar-refractivity contribution >= 4 is 5.91 Å². The third-order valence-electron chi connectivity index (χ3n) is 7.80. The molecule has 176 valence electrons. The van der Waals surface area contributed by atoms with Crippen molar-refractivity contribution in [3.8, 4) is 11.5 Å². The number of nitrogens with one attached hydrogen (secondary N) is 2. The second kappa shape index (κ2) is 9.35. The predicted octanol–water partition coefficient (Wildman–Crippen LogP) is 3.87. The fourth-order valence-electron chi connectivity index (χ4n) is 6.11. The molecule has 2 N–H and O–H groups in total. The molecule has 2 saturated heterocycles. The smallest absolute Gasteiger partial charge is 0.255 e. The molecule has 3 heterocycles. The molecule has 0 radical (unpaired) electrons. The second-order valence-corrected chi connectivity index (χ2v) is 9.62. The molecule has 3 aliphatic rings. The van der Waals surface area contributed by atoms with Crippen LogP contribution in [0.1, 0.15) is 65.3 Å². The van der Waals surface area contributed by atoms with Gasteiger partial charge in [0.15, 0.2) is 0 Å². The van der Waals surface area contributed by atoms with E-state index in [1.54, 1.807) is 14.2 Å².